The molecule has 6 aromatic rings. The van der Waals surface area contributed by atoms with E-state index < -0.39 is 0 Å². The first-order valence-corrected chi connectivity index (χ1v) is 19.5. The van der Waals surface area contributed by atoms with Gasteiger partial charge in [-0.3, -0.25) is 0 Å². The van der Waals surface area contributed by atoms with Gasteiger partial charge in [-0.2, -0.15) is 0 Å². The molecular formula is C52H41N3O. The molecule has 0 N–H and O–H groups in total. The van der Waals surface area contributed by atoms with Crippen LogP contribution in [0.4, 0.5) is 0 Å². The molecule has 0 spiro atoms. The van der Waals surface area contributed by atoms with Crippen LogP contribution < -0.4 is 0 Å². The van der Waals surface area contributed by atoms with Gasteiger partial charge in [0.25, 0.3) is 0 Å². The molecule has 0 saturated carbocycles. The number of furan rings is 1. The van der Waals surface area contributed by atoms with E-state index in [9.17, 15) is 0 Å². The second-order valence-electron chi connectivity index (χ2n) is 15.6. The highest BCUT2D eigenvalue weighted by atomic mass is 16.3. The van der Waals surface area contributed by atoms with Gasteiger partial charge in [-0.25, -0.2) is 15.0 Å². The molecule has 2 aromatic heterocycles. The molecule has 10 rings (SSSR count). The van der Waals surface area contributed by atoms with Crippen LogP contribution in [0.5, 0.6) is 0 Å². The first-order chi connectivity index (χ1) is 27.4. The molecule has 2 unspecified atom stereocenters. The van der Waals surface area contributed by atoms with E-state index in [1.54, 1.807) is 0 Å². The molecule has 4 aromatic carbocycles. The van der Waals surface area contributed by atoms with Gasteiger partial charge in [-0.05, 0) is 75.4 Å². The fourth-order valence-corrected chi connectivity index (χ4v) is 9.06. The van der Waals surface area contributed by atoms with Crippen molar-refractivity contribution in [3.63, 3.8) is 0 Å². The van der Waals surface area contributed by atoms with Gasteiger partial charge in [-0.1, -0.05) is 166 Å². The third-order valence-electron chi connectivity index (χ3n) is 11.8. The van der Waals surface area contributed by atoms with Crippen molar-refractivity contribution < 1.29 is 4.42 Å². The quantitative estimate of drug-likeness (QED) is 0.161. The normalized spacial score (nSPS) is 20.7. The predicted molar refractivity (Wildman–Crippen MR) is 230 cm³/mol. The van der Waals surface area contributed by atoms with Crippen molar-refractivity contribution in [3.05, 3.63) is 204 Å². The molecule has 4 aliphatic carbocycles. The van der Waals surface area contributed by atoms with Crippen LogP contribution in [0.25, 0.3) is 62.3 Å². The summed E-state index contributed by atoms with van der Waals surface area (Å²) in [5.41, 5.74) is 14.4. The molecule has 0 amide bonds. The lowest BCUT2D eigenvalue weighted by Crippen LogP contribution is -2.17. The summed E-state index contributed by atoms with van der Waals surface area (Å²) >= 11 is 0. The number of benzene rings is 4. The molecule has 2 atom stereocenters. The van der Waals surface area contributed by atoms with Crippen LogP contribution in [-0.4, -0.2) is 15.0 Å². The average molecular weight is 724 g/mol. The highest BCUT2D eigenvalue weighted by Gasteiger charge is 2.38. The van der Waals surface area contributed by atoms with Gasteiger partial charge in [0.15, 0.2) is 17.5 Å². The maximum Gasteiger partial charge on any atom is 0.164 e. The fraction of sp³-hybridized carbons (Fsp3) is 0.135. The number of nitrogens with zero attached hydrogens (tertiary/aromatic N) is 3. The lowest BCUT2D eigenvalue weighted by molar-refractivity contribution is 0.541. The standard InChI is InChI=1S/C52H41N3O/c1-4-36(40-28-26-35-24-23-33-13-10-14-34(29-33)25-27-38(40)30-35)31-39-32-56-46-22-12-19-43(47(39)46)50-53-49(37-15-6-5-7-16-37)54-51(55-50)44-20-11-18-42-41-17-8-9-21-45(41)52(2,3)48(42)44/h4-12,14-26,28-32,38,40H,1,13,27H2,2-3H3/b24-23-,34-25-,36-31+. The van der Waals surface area contributed by atoms with E-state index >= 15 is 0 Å². The maximum absolute atomic E-state index is 6.28. The van der Waals surface area contributed by atoms with Gasteiger partial charge in [0.05, 0.1) is 6.26 Å². The Morgan fingerprint density at radius 2 is 1.50 bits per heavy atom. The molecular weight excluding hydrogens is 683 g/mol. The smallest absolute Gasteiger partial charge is 0.164 e. The van der Waals surface area contributed by atoms with Crippen LogP contribution in [0.2, 0.25) is 0 Å². The van der Waals surface area contributed by atoms with E-state index in [-0.39, 0.29) is 17.3 Å². The Kier molecular flexibility index (Phi) is 8.22. The average Bonchev–Trinajstić information content (AvgIpc) is 3.76. The molecule has 4 bridgehead atoms. The van der Waals surface area contributed by atoms with Crippen molar-refractivity contribution in [2.75, 3.05) is 0 Å². The van der Waals surface area contributed by atoms with Crippen LogP contribution in [0.3, 0.4) is 0 Å². The molecule has 2 heterocycles. The molecule has 4 heteroatoms. The Hall–Kier alpha value is -6.65. The first-order valence-electron chi connectivity index (χ1n) is 19.5. The summed E-state index contributed by atoms with van der Waals surface area (Å²) in [4.78, 5) is 15.7. The van der Waals surface area contributed by atoms with Crippen molar-refractivity contribution in [3.8, 4) is 45.3 Å². The van der Waals surface area contributed by atoms with Crippen molar-refractivity contribution in [2.45, 2.75) is 32.1 Å². The van der Waals surface area contributed by atoms with Gasteiger partial charge in [0.1, 0.15) is 5.58 Å². The minimum Gasteiger partial charge on any atom is -0.464 e. The van der Waals surface area contributed by atoms with Gasteiger partial charge in [0.2, 0.25) is 0 Å². The summed E-state index contributed by atoms with van der Waals surface area (Å²) in [5.74, 6) is 2.31. The van der Waals surface area contributed by atoms with Crippen LogP contribution in [0, 0.1) is 11.8 Å². The zero-order valence-corrected chi connectivity index (χ0v) is 31.6. The van der Waals surface area contributed by atoms with Gasteiger partial charge in [-0.15, -0.1) is 0 Å². The van der Waals surface area contributed by atoms with E-state index in [4.69, 9.17) is 19.4 Å². The molecule has 0 saturated heterocycles. The number of allylic oxidation sites excluding steroid dienone is 14. The minimum absolute atomic E-state index is 0.148. The summed E-state index contributed by atoms with van der Waals surface area (Å²) in [6, 6.07) is 31.5. The first kappa shape index (κ1) is 33.9. The number of hydrogen-bond donors (Lipinski definition) is 0. The van der Waals surface area contributed by atoms with Crippen LogP contribution in [0.1, 0.15) is 43.4 Å². The Bertz CT molecular complexity index is 2800. The van der Waals surface area contributed by atoms with Crippen LogP contribution >= 0.6 is 0 Å². The Balaban J connectivity index is 1.11. The van der Waals surface area contributed by atoms with Crippen molar-refractivity contribution in [2.24, 2.45) is 11.8 Å². The molecule has 270 valence electrons. The third kappa shape index (κ3) is 5.81. The molecule has 0 aliphatic heterocycles. The van der Waals surface area contributed by atoms with Crippen LogP contribution in [-0.2, 0) is 5.41 Å². The summed E-state index contributed by atoms with van der Waals surface area (Å²) in [6.07, 6.45) is 28.7. The maximum atomic E-state index is 6.28. The monoisotopic (exact) mass is 723 g/mol. The zero-order chi connectivity index (χ0) is 37.8. The third-order valence-corrected chi connectivity index (χ3v) is 11.8. The number of aromatic nitrogens is 3. The van der Waals surface area contributed by atoms with Crippen molar-refractivity contribution in [1.82, 2.24) is 15.0 Å². The molecule has 0 radical (unpaired) electrons. The van der Waals surface area contributed by atoms with E-state index in [1.165, 1.54) is 39.0 Å². The van der Waals surface area contributed by atoms with Gasteiger partial charge < -0.3 is 4.42 Å². The summed E-state index contributed by atoms with van der Waals surface area (Å²) in [7, 11) is 0. The number of rotatable bonds is 6. The van der Waals surface area contributed by atoms with E-state index in [2.05, 4.69) is 142 Å². The number of hydrogen-bond acceptors (Lipinski definition) is 4. The molecule has 4 aliphatic rings. The van der Waals surface area contributed by atoms with E-state index in [0.29, 0.717) is 17.5 Å². The van der Waals surface area contributed by atoms with Gasteiger partial charge in [0, 0.05) is 39.0 Å². The highest BCUT2D eigenvalue weighted by molar-refractivity contribution is 5.99. The topological polar surface area (TPSA) is 51.8 Å². The Morgan fingerprint density at radius 1 is 0.750 bits per heavy atom. The zero-order valence-electron chi connectivity index (χ0n) is 31.6. The Morgan fingerprint density at radius 3 is 2.38 bits per heavy atom. The van der Waals surface area contributed by atoms with Crippen LogP contribution in [0.15, 0.2) is 191 Å². The molecule has 4 nitrogen and oxygen atoms in total. The minimum atomic E-state index is -0.232. The van der Waals surface area contributed by atoms with Crippen molar-refractivity contribution >= 4 is 17.0 Å². The summed E-state index contributed by atoms with van der Waals surface area (Å²) in [6.45, 7) is 8.92. The second-order valence-corrected chi connectivity index (χ2v) is 15.6. The number of fused-ring (bicyclic) bond motifs is 6. The van der Waals surface area contributed by atoms with E-state index in [1.807, 2.05) is 42.7 Å². The van der Waals surface area contributed by atoms with Gasteiger partial charge >= 0.3 is 0 Å². The van der Waals surface area contributed by atoms with Crippen molar-refractivity contribution in [1.29, 1.82) is 0 Å². The lowest BCUT2D eigenvalue weighted by Gasteiger charge is -2.27. The predicted octanol–water partition coefficient (Wildman–Crippen LogP) is 13.0. The molecule has 56 heavy (non-hydrogen) atoms. The summed E-state index contributed by atoms with van der Waals surface area (Å²) in [5, 5.41) is 0.964. The Labute approximate surface area is 328 Å². The fourth-order valence-electron chi connectivity index (χ4n) is 9.06. The largest absolute Gasteiger partial charge is 0.464 e. The SMILES string of the molecule is C=C/C(=C\c1coc2cccc(-c3nc(-c4ccccc4)nc(-c4cccc5c4C(C)(C)c4ccccc4-5)n3)c12)C1C=CC2=CC1C/C=C1/C=CCC(=C1)/C=C\2. The molecule has 0 fully saturated rings. The lowest BCUT2D eigenvalue weighted by atomic mass is 9.77. The summed E-state index contributed by atoms with van der Waals surface area (Å²) < 4.78 is 6.28. The second kappa shape index (κ2) is 13.6. The highest BCUT2D eigenvalue weighted by Crippen LogP contribution is 2.52. The van der Waals surface area contributed by atoms with E-state index in [0.717, 1.165) is 51.6 Å².